The van der Waals surface area contributed by atoms with E-state index in [0.29, 0.717) is 0 Å². The van der Waals surface area contributed by atoms with Crippen LogP contribution >= 0.6 is 15.9 Å². The highest BCUT2D eigenvalue weighted by molar-refractivity contribution is 9.10. The minimum Gasteiger partial charge on any atom is -0.356 e. The molecular weight excluding hydrogens is 240 g/mol. The molecule has 1 aromatic heterocycles. The number of nitrogens with zero attached hydrogens (tertiary/aromatic N) is 2. The largest absolute Gasteiger partial charge is 0.356 e. The van der Waals surface area contributed by atoms with E-state index < -0.39 is 44.3 Å². The highest BCUT2D eigenvalue weighted by atomic mass is 79.9. The summed E-state index contributed by atoms with van der Waals surface area (Å²) in [5.74, 6) is -4.19. The zero-order valence-corrected chi connectivity index (χ0v) is 8.59. The van der Waals surface area contributed by atoms with Crippen LogP contribution in [0.1, 0.15) is 36.0 Å². The lowest BCUT2D eigenvalue weighted by molar-refractivity contribution is 0.436. The summed E-state index contributed by atoms with van der Waals surface area (Å²) in [5, 5.41) is 0. The number of piperidine rings is 1. The first-order chi connectivity index (χ1) is 11.4. The van der Waals surface area contributed by atoms with E-state index in [0.717, 1.165) is 0 Å². The zero-order chi connectivity index (χ0) is 20.6. The predicted molar refractivity (Wildman–Crippen MR) is 62.5 cm³/mol. The molecule has 1 saturated heterocycles. The van der Waals surface area contributed by atoms with Gasteiger partial charge in [-0.15, -0.1) is 0 Å². The SMILES string of the molecule is [2H]C([2H])([2H])C1([2H])C([2H])([2H])C([2H])([2H])N(c2ncccc2Br)C([2H])([2H])C1([2H])[2H]. The fourth-order valence-corrected chi connectivity index (χ4v) is 1.36. The molecular formula is C11H15BrN2. The minimum atomic E-state index is -3.74. The monoisotopic (exact) mass is 266 g/mol. The number of rotatable bonds is 1. The van der Waals surface area contributed by atoms with Crippen LogP contribution in [-0.2, 0) is 0 Å². The Kier molecular flexibility index (Phi) is 0.913. The Hall–Kier alpha value is -0.570. The molecule has 1 aliphatic rings. The van der Waals surface area contributed by atoms with Gasteiger partial charge < -0.3 is 4.90 Å². The molecule has 76 valence electrons. The van der Waals surface area contributed by atoms with Crippen LogP contribution in [-0.4, -0.2) is 18.0 Å². The first kappa shape index (κ1) is 2.97. The fraction of sp³-hybridized carbons (Fsp3) is 0.545. The molecule has 0 aliphatic carbocycles. The Morgan fingerprint density at radius 2 is 2.50 bits per heavy atom. The van der Waals surface area contributed by atoms with Crippen molar-refractivity contribution >= 4 is 21.7 Å². The molecule has 2 heterocycles. The molecule has 1 aliphatic heterocycles. The lowest BCUT2D eigenvalue weighted by Gasteiger charge is -2.31. The van der Waals surface area contributed by atoms with E-state index in [1.54, 1.807) is 0 Å². The van der Waals surface area contributed by atoms with Crippen molar-refractivity contribution in [3.8, 4) is 0 Å². The number of hydrogen-bond donors (Lipinski definition) is 0. The Morgan fingerprint density at radius 3 is 3.14 bits per heavy atom. The lowest BCUT2D eigenvalue weighted by Crippen LogP contribution is -2.33. The van der Waals surface area contributed by atoms with Crippen molar-refractivity contribution in [2.45, 2.75) is 19.6 Å². The standard InChI is InChI=1S/C11H15BrN2/c1-9-4-7-14(8-5-9)11-10(12)3-2-6-13-11/h2-3,6,9H,4-5,7-8H2,1H3/i1D3,4D2,5D2,7D2,8D2,9D. The quantitative estimate of drug-likeness (QED) is 0.777. The highest BCUT2D eigenvalue weighted by Crippen LogP contribution is 2.27. The van der Waals surface area contributed by atoms with Crippen molar-refractivity contribution in [3.05, 3.63) is 22.8 Å². The first-order valence-corrected chi connectivity index (χ1v) is 4.59. The maximum absolute atomic E-state index is 8.17. The number of halogens is 1. The van der Waals surface area contributed by atoms with Crippen molar-refractivity contribution in [3.63, 3.8) is 0 Å². The van der Waals surface area contributed by atoms with Crippen molar-refractivity contribution in [2.75, 3.05) is 17.9 Å². The van der Waals surface area contributed by atoms with E-state index in [1.807, 2.05) is 0 Å². The average Bonchev–Trinajstić information content (AvgIpc) is 2.45. The average molecular weight is 267 g/mol. The molecule has 14 heavy (non-hydrogen) atoms. The smallest absolute Gasteiger partial charge is 0.142 e. The second kappa shape index (κ2) is 4.30. The van der Waals surface area contributed by atoms with Crippen LogP contribution in [0.4, 0.5) is 5.82 Å². The van der Waals surface area contributed by atoms with E-state index in [1.165, 1.54) is 18.3 Å². The molecule has 0 spiro atoms. The van der Waals surface area contributed by atoms with E-state index >= 15 is 0 Å². The third-order valence-electron chi connectivity index (χ3n) is 1.54. The first-order valence-electron chi connectivity index (χ1n) is 9.80. The van der Waals surface area contributed by atoms with E-state index in [4.69, 9.17) is 16.4 Å². The topological polar surface area (TPSA) is 16.1 Å². The molecule has 0 unspecified atom stereocenters. The summed E-state index contributed by atoms with van der Waals surface area (Å²) >= 11 is 3.04. The molecule has 0 amide bonds. The van der Waals surface area contributed by atoms with Crippen LogP contribution in [0.5, 0.6) is 0 Å². The Bertz CT molecular complexity index is 687. The van der Waals surface area contributed by atoms with Crippen LogP contribution in [0, 0.1) is 5.89 Å². The van der Waals surface area contributed by atoms with Gasteiger partial charge in [0.05, 0.1) is 4.47 Å². The molecule has 2 nitrogen and oxygen atoms in total. The third-order valence-corrected chi connectivity index (χ3v) is 2.16. The van der Waals surface area contributed by atoms with Crippen molar-refractivity contribution in [1.29, 1.82) is 0 Å². The summed E-state index contributed by atoms with van der Waals surface area (Å²) in [6.07, 6.45) is -6.11. The summed E-state index contributed by atoms with van der Waals surface area (Å²) < 4.78 is 95.6. The van der Waals surface area contributed by atoms with Gasteiger partial charge >= 0.3 is 0 Å². The third kappa shape index (κ3) is 2.08. The van der Waals surface area contributed by atoms with Crippen molar-refractivity contribution < 1.29 is 16.4 Å². The van der Waals surface area contributed by atoms with Gasteiger partial charge in [-0.3, -0.25) is 0 Å². The second-order valence-corrected chi connectivity index (χ2v) is 3.35. The maximum atomic E-state index is 8.17. The molecule has 0 saturated carbocycles. The highest BCUT2D eigenvalue weighted by Gasteiger charge is 2.18. The van der Waals surface area contributed by atoms with Crippen LogP contribution in [0.25, 0.3) is 0 Å². The van der Waals surface area contributed by atoms with E-state index in [-0.39, 0.29) is 9.37 Å². The van der Waals surface area contributed by atoms with Gasteiger partial charge in [0.2, 0.25) is 0 Å². The summed E-state index contributed by atoms with van der Waals surface area (Å²) in [4.78, 5) is 3.93. The van der Waals surface area contributed by atoms with Crippen LogP contribution in [0.3, 0.4) is 0 Å². The molecule has 3 heteroatoms. The van der Waals surface area contributed by atoms with Gasteiger partial charge in [-0.2, -0.15) is 0 Å². The number of aromatic nitrogens is 1. The van der Waals surface area contributed by atoms with Gasteiger partial charge in [-0.1, -0.05) is 6.85 Å². The molecule has 1 fully saturated rings. The van der Waals surface area contributed by atoms with Crippen LogP contribution in [0.2, 0.25) is 0 Å². The Balaban J connectivity index is 2.92. The number of hydrogen-bond acceptors (Lipinski definition) is 2. The van der Waals surface area contributed by atoms with E-state index in [9.17, 15) is 0 Å². The Labute approximate surface area is 110 Å². The molecule has 0 N–H and O–H groups in total. The molecule has 0 bridgehead atoms. The summed E-state index contributed by atoms with van der Waals surface area (Å²) in [6.45, 7) is -10.5. The number of anilines is 1. The molecule has 2 rings (SSSR count). The van der Waals surface area contributed by atoms with Crippen LogP contribution < -0.4 is 4.90 Å². The van der Waals surface area contributed by atoms with Gasteiger partial charge in [-0.05, 0) is 46.7 Å². The van der Waals surface area contributed by atoms with Gasteiger partial charge in [0, 0.05) is 35.6 Å². The maximum Gasteiger partial charge on any atom is 0.142 e. The van der Waals surface area contributed by atoms with Crippen molar-refractivity contribution in [2.24, 2.45) is 5.89 Å². The molecule has 0 radical (unpaired) electrons. The van der Waals surface area contributed by atoms with Gasteiger partial charge in [0.1, 0.15) is 5.82 Å². The molecule has 1 aromatic rings. The lowest BCUT2D eigenvalue weighted by atomic mass is 9.99. The number of pyridine rings is 1. The fourth-order valence-electron chi connectivity index (χ4n) is 0.931. The summed E-state index contributed by atoms with van der Waals surface area (Å²) in [7, 11) is 0. The van der Waals surface area contributed by atoms with Gasteiger partial charge in [0.15, 0.2) is 0 Å². The van der Waals surface area contributed by atoms with Gasteiger partial charge in [-0.25, -0.2) is 4.98 Å². The molecule has 0 atom stereocenters. The predicted octanol–water partition coefficient (Wildman–Crippen LogP) is 3.08. The Morgan fingerprint density at radius 1 is 1.71 bits per heavy atom. The zero-order valence-electron chi connectivity index (χ0n) is 19.0. The molecule has 0 aromatic carbocycles. The van der Waals surface area contributed by atoms with Crippen molar-refractivity contribution in [1.82, 2.24) is 4.98 Å². The second-order valence-electron chi connectivity index (χ2n) is 2.49. The summed E-state index contributed by atoms with van der Waals surface area (Å²) in [6, 6.07) is 2.80. The minimum absolute atomic E-state index is 0.0470. The van der Waals surface area contributed by atoms with Gasteiger partial charge in [0.25, 0.3) is 0 Å². The normalized spacial score (nSPS) is 48.8. The van der Waals surface area contributed by atoms with E-state index in [2.05, 4.69) is 20.9 Å². The summed E-state index contributed by atoms with van der Waals surface area (Å²) in [5.41, 5.74) is 0. The van der Waals surface area contributed by atoms with Crippen LogP contribution in [0.15, 0.2) is 22.8 Å².